The highest BCUT2D eigenvalue weighted by Crippen LogP contribution is 2.20. The number of fused-ring (bicyclic) bond motifs is 1. The Kier molecular flexibility index (Phi) is 4.71. The monoisotopic (exact) mass is 346 g/mol. The molecule has 0 radical (unpaired) electrons. The molecular weight excluding hydrogens is 327 g/mol. The Hall–Kier alpha value is -3.05. The summed E-state index contributed by atoms with van der Waals surface area (Å²) in [5.74, 6) is -0.229. The third-order valence-electron chi connectivity index (χ3n) is 4.45. The van der Waals surface area contributed by atoms with Crippen molar-refractivity contribution in [3.8, 4) is 0 Å². The van der Waals surface area contributed by atoms with Crippen LogP contribution in [0.1, 0.15) is 17.2 Å². The topological polar surface area (TPSA) is 42.7 Å². The highest BCUT2D eigenvalue weighted by molar-refractivity contribution is 5.74. The van der Waals surface area contributed by atoms with E-state index >= 15 is 0 Å². The lowest BCUT2D eigenvalue weighted by Gasteiger charge is -2.20. The van der Waals surface area contributed by atoms with Crippen molar-refractivity contribution in [2.45, 2.75) is 19.1 Å². The summed E-state index contributed by atoms with van der Waals surface area (Å²) in [6, 6.07) is 18.7. The van der Waals surface area contributed by atoms with E-state index in [-0.39, 0.29) is 11.9 Å². The van der Waals surface area contributed by atoms with Crippen molar-refractivity contribution in [2.75, 3.05) is 0 Å². The van der Waals surface area contributed by atoms with Gasteiger partial charge in [0.05, 0.1) is 23.4 Å². The molecule has 0 saturated carbocycles. The minimum Gasteiger partial charge on any atom is -0.329 e. The third-order valence-corrected chi connectivity index (χ3v) is 4.45. The molecule has 0 amide bonds. The van der Waals surface area contributed by atoms with E-state index in [1.807, 2.05) is 55.0 Å². The first kappa shape index (κ1) is 16.4. The van der Waals surface area contributed by atoms with Crippen molar-refractivity contribution in [1.82, 2.24) is 19.9 Å². The standard InChI is InChI=1S/C21H19FN4/c22-18-9-7-17(8-10-18)20(24-13-16-4-3-11-23-12-16)14-26-15-25-19-5-1-2-6-21(19)26/h1-12,15,20,24H,13-14H2/t20-/m1/s1. The number of hydrogen-bond acceptors (Lipinski definition) is 3. The molecule has 1 N–H and O–H groups in total. The van der Waals surface area contributed by atoms with Crippen molar-refractivity contribution < 1.29 is 4.39 Å². The van der Waals surface area contributed by atoms with E-state index in [1.165, 1.54) is 12.1 Å². The van der Waals surface area contributed by atoms with Crippen molar-refractivity contribution in [2.24, 2.45) is 0 Å². The zero-order valence-corrected chi connectivity index (χ0v) is 14.2. The van der Waals surface area contributed by atoms with E-state index in [0.29, 0.717) is 13.1 Å². The lowest BCUT2D eigenvalue weighted by atomic mass is 10.1. The van der Waals surface area contributed by atoms with Gasteiger partial charge in [-0.3, -0.25) is 4.98 Å². The number of nitrogens with zero attached hydrogens (tertiary/aromatic N) is 3. The molecule has 0 bridgehead atoms. The molecule has 4 nitrogen and oxygen atoms in total. The molecule has 4 aromatic rings. The molecule has 0 aliphatic heterocycles. The molecule has 2 aromatic carbocycles. The van der Waals surface area contributed by atoms with E-state index in [2.05, 4.69) is 25.9 Å². The summed E-state index contributed by atoms with van der Waals surface area (Å²) in [6.07, 6.45) is 5.47. The summed E-state index contributed by atoms with van der Waals surface area (Å²) in [6.45, 7) is 1.38. The second kappa shape index (κ2) is 7.45. The fourth-order valence-electron chi connectivity index (χ4n) is 3.08. The van der Waals surface area contributed by atoms with E-state index in [0.717, 1.165) is 22.2 Å². The van der Waals surface area contributed by atoms with Gasteiger partial charge in [0.25, 0.3) is 0 Å². The summed E-state index contributed by atoms with van der Waals surface area (Å²) in [4.78, 5) is 8.62. The predicted octanol–water partition coefficient (Wildman–Crippen LogP) is 4.10. The van der Waals surface area contributed by atoms with Crippen molar-refractivity contribution in [3.05, 3.63) is 96.3 Å². The molecule has 0 unspecified atom stereocenters. The van der Waals surface area contributed by atoms with Gasteiger partial charge in [-0.1, -0.05) is 30.3 Å². The Morgan fingerprint density at radius 2 is 1.85 bits per heavy atom. The number of hydrogen-bond donors (Lipinski definition) is 1. The molecule has 2 heterocycles. The van der Waals surface area contributed by atoms with E-state index in [4.69, 9.17) is 0 Å². The van der Waals surface area contributed by atoms with Crippen molar-refractivity contribution in [1.29, 1.82) is 0 Å². The third kappa shape index (κ3) is 3.63. The zero-order chi connectivity index (χ0) is 17.8. The summed E-state index contributed by atoms with van der Waals surface area (Å²) in [7, 11) is 0. The first-order valence-corrected chi connectivity index (χ1v) is 8.57. The van der Waals surface area contributed by atoms with Gasteiger partial charge < -0.3 is 9.88 Å². The fraction of sp³-hybridized carbons (Fsp3) is 0.143. The molecule has 0 saturated heterocycles. The van der Waals surface area contributed by atoms with Gasteiger partial charge in [-0.15, -0.1) is 0 Å². The molecule has 0 fully saturated rings. The molecule has 1 atom stereocenters. The minimum atomic E-state index is -0.229. The van der Waals surface area contributed by atoms with Crippen molar-refractivity contribution in [3.63, 3.8) is 0 Å². The largest absolute Gasteiger partial charge is 0.329 e. The average molecular weight is 346 g/mol. The van der Waals surface area contributed by atoms with E-state index < -0.39 is 0 Å². The summed E-state index contributed by atoms with van der Waals surface area (Å²) >= 11 is 0. The average Bonchev–Trinajstić information content (AvgIpc) is 3.10. The number of aromatic nitrogens is 3. The number of pyridine rings is 1. The maximum atomic E-state index is 13.3. The Balaban J connectivity index is 1.60. The summed E-state index contributed by atoms with van der Waals surface area (Å²) < 4.78 is 15.5. The SMILES string of the molecule is Fc1ccc([C@@H](Cn2cnc3ccccc32)NCc2cccnc2)cc1. The lowest BCUT2D eigenvalue weighted by Crippen LogP contribution is -2.25. The van der Waals surface area contributed by atoms with Crippen LogP contribution in [0, 0.1) is 5.82 Å². The summed E-state index contributed by atoms with van der Waals surface area (Å²) in [5, 5.41) is 3.56. The van der Waals surface area contributed by atoms with Gasteiger partial charge >= 0.3 is 0 Å². The molecule has 4 rings (SSSR count). The number of rotatable bonds is 6. The normalized spacial score (nSPS) is 12.3. The molecule has 0 aliphatic carbocycles. The first-order valence-electron chi connectivity index (χ1n) is 8.57. The van der Waals surface area contributed by atoms with Crippen molar-refractivity contribution >= 4 is 11.0 Å². The van der Waals surface area contributed by atoms with Crippen LogP contribution in [-0.4, -0.2) is 14.5 Å². The van der Waals surface area contributed by atoms with Crippen LogP contribution in [0.15, 0.2) is 79.4 Å². The number of nitrogens with one attached hydrogen (secondary N) is 1. The lowest BCUT2D eigenvalue weighted by molar-refractivity contribution is 0.466. The Morgan fingerprint density at radius 3 is 2.65 bits per heavy atom. The molecule has 0 aliphatic rings. The van der Waals surface area contributed by atoms with Crippen LogP contribution in [0.5, 0.6) is 0 Å². The fourth-order valence-corrected chi connectivity index (χ4v) is 3.08. The highest BCUT2D eigenvalue weighted by atomic mass is 19.1. The van der Waals surface area contributed by atoms with Gasteiger partial charge in [0.15, 0.2) is 0 Å². The second-order valence-electron chi connectivity index (χ2n) is 6.23. The molecule has 2 aromatic heterocycles. The van der Waals surface area contributed by atoms with Gasteiger partial charge in [0.1, 0.15) is 5.82 Å². The van der Waals surface area contributed by atoms with E-state index in [1.54, 1.807) is 6.20 Å². The zero-order valence-electron chi connectivity index (χ0n) is 14.2. The Labute approximate surface area is 151 Å². The van der Waals surface area contributed by atoms with Crippen LogP contribution in [0.3, 0.4) is 0 Å². The Morgan fingerprint density at radius 1 is 1.00 bits per heavy atom. The molecular formula is C21H19FN4. The maximum Gasteiger partial charge on any atom is 0.123 e. The van der Waals surface area contributed by atoms with Crippen LogP contribution in [0.25, 0.3) is 11.0 Å². The van der Waals surface area contributed by atoms with Gasteiger partial charge in [-0.2, -0.15) is 0 Å². The quantitative estimate of drug-likeness (QED) is 0.571. The van der Waals surface area contributed by atoms with Gasteiger partial charge in [0, 0.05) is 25.5 Å². The van der Waals surface area contributed by atoms with Crippen LogP contribution in [0.4, 0.5) is 4.39 Å². The van der Waals surface area contributed by atoms with Crippen LogP contribution in [0.2, 0.25) is 0 Å². The van der Waals surface area contributed by atoms with Crippen LogP contribution < -0.4 is 5.32 Å². The minimum absolute atomic E-state index is 0.0217. The number of imidazole rings is 1. The Bertz CT molecular complexity index is 980. The summed E-state index contributed by atoms with van der Waals surface area (Å²) in [5.41, 5.74) is 4.20. The van der Waals surface area contributed by atoms with Crippen LogP contribution in [-0.2, 0) is 13.1 Å². The second-order valence-corrected chi connectivity index (χ2v) is 6.23. The predicted molar refractivity (Wildman–Crippen MR) is 100.0 cm³/mol. The van der Waals surface area contributed by atoms with E-state index in [9.17, 15) is 4.39 Å². The number of para-hydroxylation sites is 2. The number of benzene rings is 2. The molecule has 130 valence electrons. The number of halogens is 1. The molecule has 26 heavy (non-hydrogen) atoms. The van der Waals surface area contributed by atoms with Gasteiger partial charge in [-0.25, -0.2) is 9.37 Å². The smallest absolute Gasteiger partial charge is 0.123 e. The molecule has 0 spiro atoms. The van der Waals surface area contributed by atoms with Gasteiger partial charge in [0.2, 0.25) is 0 Å². The molecule has 5 heteroatoms. The van der Waals surface area contributed by atoms with Crippen LogP contribution >= 0.6 is 0 Å². The van der Waals surface area contributed by atoms with Gasteiger partial charge in [-0.05, 0) is 41.5 Å². The highest BCUT2D eigenvalue weighted by Gasteiger charge is 2.14. The first-order chi connectivity index (χ1) is 12.8. The maximum absolute atomic E-state index is 13.3.